The second-order valence-corrected chi connectivity index (χ2v) is 4.32. The fourth-order valence-electron chi connectivity index (χ4n) is 1.42. The molecule has 0 spiro atoms. The summed E-state index contributed by atoms with van der Waals surface area (Å²) in [5.74, 6) is 0. The molecular formula is C11H11BrN2O. The van der Waals surface area contributed by atoms with Gasteiger partial charge in [-0.05, 0) is 17.7 Å². The Labute approximate surface area is 96.5 Å². The van der Waals surface area contributed by atoms with Crippen LogP contribution in [0.3, 0.4) is 0 Å². The molecule has 0 aliphatic heterocycles. The summed E-state index contributed by atoms with van der Waals surface area (Å²) in [6, 6.07) is 7.60. The smallest absolute Gasteiger partial charge is 0.107 e. The van der Waals surface area contributed by atoms with Gasteiger partial charge in [0, 0.05) is 23.3 Å². The van der Waals surface area contributed by atoms with Crippen molar-refractivity contribution in [2.75, 3.05) is 0 Å². The molecule has 4 heteroatoms. The van der Waals surface area contributed by atoms with Crippen molar-refractivity contribution < 1.29 is 5.11 Å². The summed E-state index contributed by atoms with van der Waals surface area (Å²) in [6.45, 7) is 0. The summed E-state index contributed by atoms with van der Waals surface area (Å²) >= 11 is 3.36. The molecule has 0 saturated heterocycles. The highest BCUT2D eigenvalue weighted by molar-refractivity contribution is 9.10. The van der Waals surface area contributed by atoms with Crippen molar-refractivity contribution in [1.29, 1.82) is 0 Å². The zero-order valence-corrected chi connectivity index (χ0v) is 9.85. The zero-order valence-electron chi connectivity index (χ0n) is 8.26. The monoisotopic (exact) mass is 266 g/mol. The van der Waals surface area contributed by atoms with E-state index in [-0.39, 0.29) is 0 Å². The van der Waals surface area contributed by atoms with Crippen LogP contribution in [0.4, 0.5) is 0 Å². The molecule has 0 saturated carbocycles. The van der Waals surface area contributed by atoms with E-state index in [0.717, 1.165) is 15.6 Å². The highest BCUT2D eigenvalue weighted by Gasteiger charge is 2.11. The topological polar surface area (TPSA) is 38.0 Å². The first-order valence-electron chi connectivity index (χ1n) is 4.59. The van der Waals surface area contributed by atoms with E-state index in [4.69, 9.17) is 0 Å². The molecule has 2 aromatic rings. The molecule has 0 aliphatic carbocycles. The molecule has 0 amide bonds. The molecule has 0 bridgehead atoms. The Morgan fingerprint density at radius 3 is 2.47 bits per heavy atom. The third kappa shape index (κ3) is 2.27. The molecule has 2 rings (SSSR count). The largest absolute Gasteiger partial charge is 0.384 e. The second-order valence-electron chi connectivity index (χ2n) is 3.40. The molecule has 78 valence electrons. The number of benzene rings is 1. The lowest BCUT2D eigenvalue weighted by Crippen LogP contribution is -1.97. The number of hydrogen-bond acceptors (Lipinski definition) is 2. The molecule has 15 heavy (non-hydrogen) atoms. The van der Waals surface area contributed by atoms with Crippen LogP contribution in [0, 0.1) is 0 Å². The fraction of sp³-hybridized carbons (Fsp3) is 0.182. The van der Waals surface area contributed by atoms with Gasteiger partial charge in [-0.15, -0.1) is 0 Å². The normalized spacial score (nSPS) is 12.7. The standard InChI is InChI=1S/C11H11BrN2O/c1-14-7-9(6-13-14)11(15)8-2-4-10(12)5-3-8/h2-7,11,15H,1H3. The van der Waals surface area contributed by atoms with E-state index in [1.165, 1.54) is 0 Å². The fourth-order valence-corrected chi connectivity index (χ4v) is 1.68. The average molecular weight is 267 g/mol. The van der Waals surface area contributed by atoms with E-state index >= 15 is 0 Å². The van der Waals surface area contributed by atoms with Gasteiger partial charge in [-0.3, -0.25) is 4.68 Å². The molecule has 1 aromatic heterocycles. The Morgan fingerprint density at radius 2 is 1.93 bits per heavy atom. The molecule has 1 N–H and O–H groups in total. The molecule has 1 unspecified atom stereocenters. The number of nitrogens with zero attached hydrogens (tertiary/aromatic N) is 2. The summed E-state index contributed by atoms with van der Waals surface area (Å²) in [5.41, 5.74) is 1.67. The van der Waals surface area contributed by atoms with Crippen LogP contribution < -0.4 is 0 Å². The Morgan fingerprint density at radius 1 is 1.27 bits per heavy atom. The second kappa shape index (κ2) is 4.16. The highest BCUT2D eigenvalue weighted by Crippen LogP contribution is 2.22. The lowest BCUT2D eigenvalue weighted by Gasteiger charge is -2.08. The predicted molar refractivity (Wildman–Crippen MR) is 61.4 cm³/mol. The summed E-state index contributed by atoms with van der Waals surface area (Å²) in [6.07, 6.45) is 2.88. The van der Waals surface area contributed by atoms with E-state index < -0.39 is 6.10 Å². The third-order valence-corrected chi connectivity index (χ3v) is 2.75. The van der Waals surface area contributed by atoms with Gasteiger partial charge in [-0.25, -0.2) is 0 Å². The van der Waals surface area contributed by atoms with Crippen molar-refractivity contribution in [3.05, 3.63) is 52.3 Å². The van der Waals surface area contributed by atoms with Gasteiger partial charge in [0.05, 0.1) is 6.20 Å². The van der Waals surface area contributed by atoms with Gasteiger partial charge in [-0.2, -0.15) is 5.10 Å². The summed E-state index contributed by atoms with van der Waals surface area (Å²) in [5, 5.41) is 14.1. The quantitative estimate of drug-likeness (QED) is 0.906. The maximum absolute atomic E-state index is 10.0. The maximum Gasteiger partial charge on any atom is 0.107 e. The van der Waals surface area contributed by atoms with Crippen molar-refractivity contribution in [3.8, 4) is 0 Å². The molecule has 0 fully saturated rings. The van der Waals surface area contributed by atoms with Gasteiger partial charge in [0.1, 0.15) is 6.10 Å². The van der Waals surface area contributed by atoms with Crippen LogP contribution in [0.5, 0.6) is 0 Å². The molecule has 0 aliphatic rings. The number of halogens is 1. The summed E-state index contributed by atoms with van der Waals surface area (Å²) < 4.78 is 2.68. The lowest BCUT2D eigenvalue weighted by molar-refractivity contribution is 0.220. The minimum atomic E-state index is -0.605. The Balaban J connectivity index is 2.28. The number of hydrogen-bond donors (Lipinski definition) is 1. The van der Waals surface area contributed by atoms with Crippen LogP contribution in [0.15, 0.2) is 41.1 Å². The number of aryl methyl sites for hydroxylation is 1. The van der Waals surface area contributed by atoms with Gasteiger partial charge >= 0.3 is 0 Å². The first-order chi connectivity index (χ1) is 7.16. The van der Waals surface area contributed by atoms with Gasteiger partial charge in [0.25, 0.3) is 0 Å². The van der Waals surface area contributed by atoms with Crippen LogP contribution in [-0.2, 0) is 7.05 Å². The van der Waals surface area contributed by atoms with E-state index in [0.29, 0.717) is 0 Å². The lowest BCUT2D eigenvalue weighted by atomic mass is 10.1. The van der Waals surface area contributed by atoms with Crippen molar-refractivity contribution in [2.24, 2.45) is 7.05 Å². The van der Waals surface area contributed by atoms with Gasteiger partial charge < -0.3 is 5.11 Å². The van der Waals surface area contributed by atoms with Crippen LogP contribution >= 0.6 is 15.9 Å². The minimum Gasteiger partial charge on any atom is -0.384 e. The highest BCUT2D eigenvalue weighted by atomic mass is 79.9. The Kier molecular flexibility index (Phi) is 2.88. The van der Waals surface area contributed by atoms with E-state index in [1.54, 1.807) is 10.9 Å². The van der Waals surface area contributed by atoms with Crippen LogP contribution in [0.2, 0.25) is 0 Å². The van der Waals surface area contributed by atoms with Gasteiger partial charge in [0.2, 0.25) is 0 Å². The number of rotatable bonds is 2. The van der Waals surface area contributed by atoms with Gasteiger partial charge in [0.15, 0.2) is 0 Å². The van der Waals surface area contributed by atoms with Crippen LogP contribution in [0.1, 0.15) is 17.2 Å². The Hall–Kier alpha value is -1.13. The number of aromatic nitrogens is 2. The van der Waals surface area contributed by atoms with Crippen LogP contribution in [-0.4, -0.2) is 14.9 Å². The molecule has 0 radical (unpaired) electrons. The molecule has 1 heterocycles. The van der Waals surface area contributed by atoms with Gasteiger partial charge in [-0.1, -0.05) is 28.1 Å². The number of aliphatic hydroxyl groups excluding tert-OH is 1. The molecular weight excluding hydrogens is 256 g/mol. The van der Waals surface area contributed by atoms with Crippen molar-refractivity contribution in [1.82, 2.24) is 9.78 Å². The van der Waals surface area contributed by atoms with Crippen LogP contribution in [0.25, 0.3) is 0 Å². The summed E-state index contributed by atoms with van der Waals surface area (Å²) in [7, 11) is 1.83. The average Bonchev–Trinajstić information content (AvgIpc) is 2.65. The first-order valence-corrected chi connectivity index (χ1v) is 5.38. The van der Waals surface area contributed by atoms with Crippen molar-refractivity contribution in [3.63, 3.8) is 0 Å². The maximum atomic E-state index is 10.0. The molecule has 1 atom stereocenters. The SMILES string of the molecule is Cn1cc(C(O)c2ccc(Br)cc2)cn1. The molecule has 3 nitrogen and oxygen atoms in total. The van der Waals surface area contributed by atoms with Crippen molar-refractivity contribution in [2.45, 2.75) is 6.10 Å². The predicted octanol–water partition coefficient (Wildman–Crippen LogP) is 2.26. The third-order valence-electron chi connectivity index (χ3n) is 2.23. The first kappa shape index (κ1) is 10.4. The van der Waals surface area contributed by atoms with E-state index in [1.807, 2.05) is 37.5 Å². The van der Waals surface area contributed by atoms with E-state index in [2.05, 4.69) is 21.0 Å². The van der Waals surface area contributed by atoms with E-state index in [9.17, 15) is 5.11 Å². The van der Waals surface area contributed by atoms with Crippen molar-refractivity contribution >= 4 is 15.9 Å². The zero-order chi connectivity index (χ0) is 10.8. The Bertz CT molecular complexity index is 450. The molecule has 1 aromatic carbocycles. The summed E-state index contributed by atoms with van der Waals surface area (Å²) in [4.78, 5) is 0. The minimum absolute atomic E-state index is 0.605. The number of aliphatic hydroxyl groups is 1.